The number of halogens is 5. The van der Waals surface area contributed by atoms with Crippen LogP contribution in [0.5, 0.6) is 0 Å². The minimum Gasteiger partial charge on any atom is -0.206 e. The number of rotatable bonds is 3. The zero-order chi connectivity index (χ0) is 20.8. The van der Waals surface area contributed by atoms with Gasteiger partial charge >= 0.3 is 6.18 Å². The van der Waals surface area contributed by atoms with Crippen molar-refractivity contribution >= 4 is 0 Å². The Hall–Kier alpha value is -2.69. The van der Waals surface area contributed by atoms with Crippen LogP contribution in [0.15, 0.2) is 48.5 Å². The first kappa shape index (κ1) is 19.6. The first-order chi connectivity index (χ1) is 13.8. The van der Waals surface area contributed by atoms with Gasteiger partial charge in [-0.1, -0.05) is 49.7 Å². The smallest absolute Gasteiger partial charge is 0.206 e. The van der Waals surface area contributed by atoms with E-state index >= 15 is 0 Å². The third kappa shape index (κ3) is 3.66. The Kier molecular flexibility index (Phi) is 4.93. The molecule has 3 aromatic rings. The van der Waals surface area contributed by atoms with Crippen LogP contribution in [0.3, 0.4) is 0 Å². The highest BCUT2D eigenvalue weighted by Gasteiger charge is 2.38. The van der Waals surface area contributed by atoms with Crippen LogP contribution >= 0.6 is 0 Å². The number of benzene rings is 3. The zero-order valence-electron chi connectivity index (χ0n) is 15.8. The Labute approximate surface area is 166 Å². The van der Waals surface area contributed by atoms with Gasteiger partial charge in [-0.3, -0.25) is 0 Å². The predicted molar refractivity (Wildman–Crippen MR) is 104 cm³/mol. The molecule has 5 heteroatoms. The Bertz CT molecular complexity index is 1060. The van der Waals surface area contributed by atoms with Crippen molar-refractivity contribution in [2.24, 2.45) is 0 Å². The van der Waals surface area contributed by atoms with Crippen LogP contribution < -0.4 is 0 Å². The van der Waals surface area contributed by atoms with E-state index in [1.165, 1.54) is 11.1 Å². The summed E-state index contributed by atoms with van der Waals surface area (Å²) in [7, 11) is 0. The molecule has 0 fully saturated rings. The largest absolute Gasteiger partial charge is 0.422 e. The fourth-order valence-corrected chi connectivity index (χ4v) is 4.08. The second kappa shape index (κ2) is 7.29. The topological polar surface area (TPSA) is 0 Å². The predicted octanol–water partition coefficient (Wildman–Crippen LogP) is 7.37. The highest BCUT2D eigenvalue weighted by atomic mass is 19.4. The van der Waals surface area contributed by atoms with Crippen molar-refractivity contribution in [2.75, 3.05) is 0 Å². The van der Waals surface area contributed by atoms with Crippen molar-refractivity contribution in [3.63, 3.8) is 0 Å². The fraction of sp³-hybridized carbons (Fsp3) is 0.250. The number of hydrogen-bond donors (Lipinski definition) is 0. The molecule has 29 heavy (non-hydrogen) atoms. The lowest BCUT2D eigenvalue weighted by Crippen LogP contribution is -2.11. The lowest BCUT2D eigenvalue weighted by Gasteiger charge is -2.22. The number of aryl methyl sites for hydroxylation is 3. The molecule has 0 unspecified atom stereocenters. The average Bonchev–Trinajstić information content (AvgIpc) is 2.65. The van der Waals surface area contributed by atoms with Gasteiger partial charge in [0.15, 0.2) is 0 Å². The maximum atomic E-state index is 14.0. The first-order valence-electron chi connectivity index (χ1n) is 9.59. The van der Waals surface area contributed by atoms with E-state index in [9.17, 15) is 22.0 Å². The van der Waals surface area contributed by atoms with Gasteiger partial charge in [0.2, 0.25) is 0 Å². The van der Waals surface area contributed by atoms with E-state index in [1.54, 1.807) is 6.07 Å². The second-order valence-corrected chi connectivity index (χ2v) is 7.43. The summed E-state index contributed by atoms with van der Waals surface area (Å²) >= 11 is 0. The molecule has 0 N–H and O–H groups in total. The summed E-state index contributed by atoms with van der Waals surface area (Å²) in [6.45, 7) is 2.14. The van der Waals surface area contributed by atoms with E-state index in [4.69, 9.17) is 0 Å². The summed E-state index contributed by atoms with van der Waals surface area (Å²) in [4.78, 5) is 0. The molecule has 0 radical (unpaired) electrons. The molecule has 0 aromatic heterocycles. The van der Waals surface area contributed by atoms with Gasteiger partial charge in [-0.15, -0.1) is 0 Å². The molecule has 0 nitrogen and oxygen atoms in total. The van der Waals surface area contributed by atoms with Gasteiger partial charge in [-0.05, 0) is 70.3 Å². The van der Waals surface area contributed by atoms with Crippen LogP contribution in [0.1, 0.15) is 35.6 Å². The van der Waals surface area contributed by atoms with Gasteiger partial charge in [-0.25, -0.2) is 8.78 Å². The highest BCUT2D eigenvalue weighted by molar-refractivity contribution is 5.77. The van der Waals surface area contributed by atoms with Gasteiger partial charge in [0.05, 0.1) is 0 Å². The Morgan fingerprint density at radius 2 is 1.34 bits per heavy atom. The second-order valence-electron chi connectivity index (χ2n) is 7.43. The SMILES string of the molecule is CCCc1ccc2c(c1)CCc1cc(-c3cc(F)c(C(F)(F)F)c(F)c3)ccc1-2. The molecule has 0 amide bonds. The molecule has 0 saturated heterocycles. The van der Waals surface area contributed by atoms with Crippen LogP contribution in [0.2, 0.25) is 0 Å². The summed E-state index contributed by atoms with van der Waals surface area (Å²) in [5.74, 6) is -3.20. The molecular weight excluding hydrogens is 383 g/mol. The number of alkyl halides is 3. The normalized spacial score (nSPS) is 13.2. The van der Waals surface area contributed by atoms with Crippen molar-refractivity contribution in [3.8, 4) is 22.3 Å². The average molecular weight is 402 g/mol. The van der Waals surface area contributed by atoms with Gasteiger partial charge in [-0.2, -0.15) is 13.2 Å². The molecule has 1 aliphatic rings. The maximum Gasteiger partial charge on any atom is 0.422 e. The molecule has 0 spiro atoms. The van der Waals surface area contributed by atoms with E-state index in [0.717, 1.165) is 54.5 Å². The summed E-state index contributed by atoms with van der Waals surface area (Å²) in [5, 5.41) is 0. The maximum absolute atomic E-state index is 14.0. The van der Waals surface area contributed by atoms with Crippen molar-refractivity contribution in [1.82, 2.24) is 0 Å². The molecule has 0 atom stereocenters. The third-order valence-corrected chi connectivity index (χ3v) is 5.43. The molecule has 0 aliphatic heterocycles. The van der Waals surface area contributed by atoms with E-state index in [2.05, 4.69) is 25.1 Å². The Balaban J connectivity index is 1.73. The van der Waals surface area contributed by atoms with Crippen LogP contribution in [0, 0.1) is 11.6 Å². The van der Waals surface area contributed by atoms with Crippen LogP contribution in [-0.2, 0) is 25.4 Å². The quantitative estimate of drug-likeness (QED) is 0.401. The van der Waals surface area contributed by atoms with E-state index < -0.39 is 23.4 Å². The summed E-state index contributed by atoms with van der Waals surface area (Å²) in [6, 6.07) is 13.4. The number of fused-ring (bicyclic) bond motifs is 3. The van der Waals surface area contributed by atoms with Crippen LogP contribution in [0.4, 0.5) is 22.0 Å². The van der Waals surface area contributed by atoms with Gasteiger partial charge in [0, 0.05) is 0 Å². The highest BCUT2D eigenvalue weighted by Crippen LogP contribution is 2.39. The van der Waals surface area contributed by atoms with Gasteiger partial charge in [0.25, 0.3) is 0 Å². The Morgan fingerprint density at radius 1 is 0.759 bits per heavy atom. The molecule has 4 rings (SSSR count). The molecule has 1 aliphatic carbocycles. The van der Waals surface area contributed by atoms with Crippen molar-refractivity contribution in [2.45, 2.75) is 38.8 Å². The standard InChI is InChI=1S/C24H19F5/c1-2-3-14-4-8-19-16(10-14)5-6-17-11-15(7-9-20(17)19)18-12-21(25)23(22(26)13-18)24(27,28)29/h4,7-13H,2-3,5-6H2,1H3. The van der Waals surface area contributed by atoms with Gasteiger partial charge in [0.1, 0.15) is 17.2 Å². The van der Waals surface area contributed by atoms with Crippen molar-refractivity contribution in [3.05, 3.63) is 82.4 Å². The van der Waals surface area contributed by atoms with Gasteiger partial charge < -0.3 is 0 Å². The molecule has 0 saturated carbocycles. The lowest BCUT2D eigenvalue weighted by atomic mass is 9.83. The number of hydrogen-bond acceptors (Lipinski definition) is 0. The van der Waals surface area contributed by atoms with Crippen molar-refractivity contribution in [1.29, 1.82) is 0 Å². The molecule has 150 valence electrons. The molecule has 0 heterocycles. The summed E-state index contributed by atoms with van der Waals surface area (Å²) in [6.07, 6.45) is -1.32. The Morgan fingerprint density at radius 3 is 1.93 bits per heavy atom. The third-order valence-electron chi connectivity index (χ3n) is 5.43. The lowest BCUT2D eigenvalue weighted by molar-refractivity contribution is -0.142. The molecule has 0 bridgehead atoms. The fourth-order valence-electron chi connectivity index (χ4n) is 4.08. The summed E-state index contributed by atoms with van der Waals surface area (Å²) < 4.78 is 66.4. The first-order valence-corrected chi connectivity index (χ1v) is 9.59. The van der Waals surface area contributed by atoms with Crippen molar-refractivity contribution < 1.29 is 22.0 Å². The van der Waals surface area contributed by atoms with Crippen LogP contribution in [-0.4, -0.2) is 0 Å². The molecule has 3 aromatic carbocycles. The monoisotopic (exact) mass is 402 g/mol. The van der Waals surface area contributed by atoms with Crippen LogP contribution in [0.25, 0.3) is 22.3 Å². The summed E-state index contributed by atoms with van der Waals surface area (Å²) in [5.41, 5.74) is 4.56. The zero-order valence-corrected chi connectivity index (χ0v) is 15.8. The van der Waals surface area contributed by atoms with E-state index in [0.29, 0.717) is 5.56 Å². The minimum atomic E-state index is -5.07. The minimum absolute atomic E-state index is 0.0971. The molecular formula is C24H19F5. The van der Waals surface area contributed by atoms with E-state index in [1.807, 2.05) is 12.1 Å². The van der Waals surface area contributed by atoms with E-state index in [-0.39, 0.29) is 5.56 Å².